The van der Waals surface area contributed by atoms with Crippen molar-refractivity contribution in [1.82, 2.24) is 10.3 Å². The number of halogens is 1. The van der Waals surface area contributed by atoms with Gasteiger partial charge >= 0.3 is 0 Å². The maximum atomic E-state index is 3.63. The minimum Gasteiger partial charge on any atom is -0.357 e. The lowest BCUT2D eigenvalue weighted by Gasteiger charge is -2.27. The molecule has 1 aliphatic rings. The fourth-order valence-electron chi connectivity index (χ4n) is 2.95. The molecule has 1 atom stereocenters. The second-order valence-corrected chi connectivity index (χ2v) is 5.49. The number of fused-ring (bicyclic) bond motifs is 3. The van der Waals surface area contributed by atoms with E-state index in [1.165, 1.54) is 27.7 Å². The molecule has 3 heteroatoms. The van der Waals surface area contributed by atoms with Gasteiger partial charge in [0, 0.05) is 22.6 Å². The summed E-state index contributed by atoms with van der Waals surface area (Å²) in [5, 5.41) is 5.03. The maximum absolute atomic E-state index is 3.63. The van der Waals surface area contributed by atoms with Crippen LogP contribution in [0.2, 0.25) is 0 Å². The van der Waals surface area contributed by atoms with E-state index < -0.39 is 0 Å². The van der Waals surface area contributed by atoms with E-state index in [4.69, 9.17) is 0 Å². The molecule has 1 unspecified atom stereocenters. The summed E-state index contributed by atoms with van der Waals surface area (Å²) >= 11 is 0. The molecule has 0 amide bonds. The summed E-state index contributed by atoms with van der Waals surface area (Å²) < 4.78 is 0. The monoisotopic (exact) mass is 264 g/mol. The Kier molecular flexibility index (Phi) is 3.69. The molecular weight excluding hydrogens is 244 g/mol. The van der Waals surface area contributed by atoms with Crippen molar-refractivity contribution in [3.63, 3.8) is 0 Å². The zero-order chi connectivity index (χ0) is 12.0. The topological polar surface area (TPSA) is 27.8 Å². The first-order valence-electron chi connectivity index (χ1n) is 6.51. The molecule has 2 heterocycles. The zero-order valence-corrected chi connectivity index (χ0v) is 12.0. The smallest absolute Gasteiger partial charge is 0.0499 e. The van der Waals surface area contributed by atoms with Gasteiger partial charge in [-0.05, 0) is 43.0 Å². The van der Waals surface area contributed by atoms with Crippen LogP contribution >= 0.6 is 12.4 Å². The summed E-state index contributed by atoms with van der Waals surface area (Å²) in [7, 11) is 0. The summed E-state index contributed by atoms with van der Waals surface area (Å²) in [6.07, 6.45) is 1.14. The number of rotatable bonds is 1. The molecule has 0 fully saturated rings. The highest BCUT2D eigenvalue weighted by atomic mass is 35.5. The van der Waals surface area contributed by atoms with Gasteiger partial charge in [0.1, 0.15) is 0 Å². The third kappa shape index (κ3) is 2.04. The minimum absolute atomic E-state index is 0. The summed E-state index contributed by atoms with van der Waals surface area (Å²) in [5.74, 6) is 0.628. The van der Waals surface area contributed by atoms with Gasteiger partial charge in [-0.25, -0.2) is 0 Å². The average molecular weight is 265 g/mol. The van der Waals surface area contributed by atoms with Gasteiger partial charge in [-0.2, -0.15) is 0 Å². The molecule has 2 aromatic rings. The van der Waals surface area contributed by atoms with Gasteiger partial charge < -0.3 is 10.3 Å². The Morgan fingerprint density at radius 2 is 2.06 bits per heavy atom. The number of hydrogen-bond acceptors (Lipinski definition) is 1. The van der Waals surface area contributed by atoms with Crippen LogP contribution in [0.3, 0.4) is 0 Å². The van der Waals surface area contributed by atoms with Crippen molar-refractivity contribution in [3.05, 3.63) is 35.0 Å². The van der Waals surface area contributed by atoms with Crippen LogP contribution in [0, 0.1) is 12.8 Å². The summed E-state index contributed by atoms with van der Waals surface area (Å²) in [4.78, 5) is 3.63. The lowest BCUT2D eigenvalue weighted by Crippen LogP contribution is -2.32. The quantitative estimate of drug-likeness (QED) is 0.807. The zero-order valence-electron chi connectivity index (χ0n) is 11.2. The van der Waals surface area contributed by atoms with E-state index in [9.17, 15) is 0 Å². The Labute approximate surface area is 115 Å². The molecule has 1 aromatic heterocycles. The normalized spacial score (nSPS) is 18.8. The molecule has 0 spiro atoms. The maximum Gasteiger partial charge on any atom is 0.0499 e. The number of benzene rings is 1. The van der Waals surface area contributed by atoms with E-state index in [1.54, 1.807) is 0 Å². The van der Waals surface area contributed by atoms with E-state index >= 15 is 0 Å². The Morgan fingerprint density at radius 3 is 2.78 bits per heavy atom. The SMILES string of the molecule is Cc1ccc2c3c([nH]c2c1)C(C(C)C)NCC3.Cl. The number of aromatic nitrogens is 1. The Bertz CT molecular complexity index is 557. The number of hydrogen-bond donors (Lipinski definition) is 2. The second-order valence-electron chi connectivity index (χ2n) is 5.49. The van der Waals surface area contributed by atoms with Gasteiger partial charge in [-0.1, -0.05) is 26.0 Å². The summed E-state index contributed by atoms with van der Waals surface area (Å²) in [5.41, 5.74) is 5.55. The van der Waals surface area contributed by atoms with Gasteiger partial charge in [-0.3, -0.25) is 0 Å². The standard InChI is InChI=1S/C15H20N2.ClH/c1-9(2)14-15-12(6-7-16-14)11-5-4-10(3)8-13(11)17-15;/h4-5,8-9,14,16-17H,6-7H2,1-3H3;1H. The van der Waals surface area contributed by atoms with Crippen LogP contribution in [0.4, 0.5) is 0 Å². The van der Waals surface area contributed by atoms with E-state index in [0.717, 1.165) is 13.0 Å². The molecule has 0 bridgehead atoms. The van der Waals surface area contributed by atoms with Crippen molar-refractivity contribution in [3.8, 4) is 0 Å². The predicted molar refractivity (Wildman–Crippen MR) is 79.6 cm³/mol. The Hall–Kier alpha value is -0.990. The van der Waals surface area contributed by atoms with Crippen LogP contribution in [0.5, 0.6) is 0 Å². The average Bonchev–Trinajstić information content (AvgIpc) is 2.65. The van der Waals surface area contributed by atoms with Gasteiger partial charge in [0.2, 0.25) is 0 Å². The summed E-state index contributed by atoms with van der Waals surface area (Å²) in [6, 6.07) is 7.21. The van der Waals surface area contributed by atoms with Gasteiger partial charge in [0.25, 0.3) is 0 Å². The van der Waals surface area contributed by atoms with Gasteiger partial charge in [0.15, 0.2) is 0 Å². The Morgan fingerprint density at radius 1 is 1.28 bits per heavy atom. The van der Waals surface area contributed by atoms with Gasteiger partial charge in [-0.15, -0.1) is 12.4 Å². The molecule has 1 aromatic carbocycles. The first kappa shape index (κ1) is 13.4. The molecule has 98 valence electrons. The highest BCUT2D eigenvalue weighted by Gasteiger charge is 2.25. The fourth-order valence-corrected chi connectivity index (χ4v) is 2.95. The highest BCUT2D eigenvalue weighted by molar-refractivity contribution is 5.86. The first-order chi connectivity index (χ1) is 8.16. The predicted octanol–water partition coefficient (Wildman–Crippen LogP) is 3.74. The van der Waals surface area contributed by atoms with Crippen molar-refractivity contribution in [1.29, 1.82) is 0 Å². The molecule has 0 aliphatic carbocycles. The molecular formula is C15H21ClN2. The van der Waals surface area contributed by atoms with E-state index in [0.29, 0.717) is 12.0 Å². The van der Waals surface area contributed by atoms with Crippen molar-refractivity contribution >= 4 is 23.3 Å². The molecule has 0 radical (unpaired) electrons. The minimum atomic E-state index is 0. The van der Waals surface area contributed by atoms with Crippen molar-refractivity contribution < 1.29 is 0 Å². The lowest BCUT2D eigenvalue weighted by atomic mass is 9.92. The van der Waals surface area contributed by atoms with Crippen LogP contribution in [-0.2, 0) is 6.42 Å². The van der Waals surface area contributed by atoms with E-state index in [2.05, 4.69) is 49.3 Å². The first-order valence-corrected chi connectivity index (χ1v) is 6.51. The van der Waals surface area contributed by atoms with Crippen molar-refractivity contribution in [2.45, 2.75) is 33.2 Å². The van der Waals surface area contributed by atoms with Crippen LogP contribution in [0.1, 0.15) is 36.7 Å². The van der Waals surface area contributed by atoms with Crippen LogP contribution in [0.15, 0.2) is 18.2 Å². The molecule has 2 nitrogen and oxygen atoms in total. The molecule has 2 N–H and O–H groups in total. The van der Waals surface area contributed by atoms with Crippen molar-refractivity contribution in [2.75, 3.05) is 6.54 Å². The number of aryl methyl sites for hydroxylation is 1. The Balaban J connectivity index is 0.00000120. The van der Waals surface area contributed by atoms with E-state index in [-0.39, 0.29) is 12.4 Å². The molecule has 18 heavy (non-hydrogen) atoms. The number of aromatic amines is 1. The second kappa shape index (κ2) is 4.94. The molecule has 1 aliphatic heterocycles. The van der Waals surface area contributed by atoms with Crippen LogP contribution < -0.4 is 5.32 Å². The van der Waals surface area contributed by atoms with Crippen LogP contribution in [0.25, 0.3) is 10.9 Å². The fraction of sp³-hybridized carbons (Fsp3) is 0.467. The van der Waals surface area contributed by atoms with Crippen LogP contribution in [-0.4, -0.2) is 11.5 Å². The third-order valence-electron chi connectivity index (χ3n) is 3.81. The highest BCUT2D eigenvalue weighted by Crippen LogP contribution is 2.33. The lowest BCUT2D eigenvalue weighted by molar-refractivity contribution is 0.389. The third-order valence-corrected chi connectivity index (χ3v) is 3.81. The van der Waals surface area contributed by atoms with Crippen molar-refractivity contribution in [2.24, 2.45) is 5.92 Å². The molecule has 0 saturated carbocycles. The number of nitrogens with one attached hydrogen (secondary N) is 2. The van der Waals surface area contributed by atoms with E-state index in [1.807, 2.05) is 0 Å². The van der Waals surface area contributed by atoms with Gasteiger partial charge in [0.05, 0.1) is 0 Å². The number of H-pyrrole nitrogens is 1. The molecule has 3 rings (SSSR count). The molecule has 0 saturated heterocycles. The summed E-state index contributed by atoms with van der Waals surface area (Å²) in [6.45, 7) is 7.81. The largest absolute Gasteiger partial charge is 0.357 e.